The van der Waals surface area contributed by atoms with E-state index < -0.39 is 11.2 Å². The summed E-state index contributed by atoms with van der Waals surface area (Å²) in [6, 6.07) is 3.68. The number of rotatable bonds is 2. The molecule has 21 heavy (non-hydrogen) atoms. The summed E-state index contributed by atoms with van der Waals surface area (Å²) in [4.78, 5) is 29.5. The number of nitrogens with zero attached hydrogens (tertiary/aromatic N) is 4. The molecule has 8 heteroatoms. The summed E-state index contributed by atoms with van der Waals surface area (Å²) in [7, 11) is 0. The van der Waals surface area contributed by atoms with Gasteiger partial charge < -0.3 is 9.88 Å². The predicted molar refractivity (Wildman–Crippen MR) is 74.9 cm³/mol. The lowest BCUT2D eigenvalue weighted by Gasteiger charge is -2.18. The molecule has 0 spiro atoms. The smallest absolute Gasteiger partial charge is 0.325 e. The molecule has 3 heterocycles. The van der Waals surface area contributed by atoms with Gasteiger partial charge in [-0.25, -0.2) is 4.79 Å². The van der Waals surface area contributed by atoms with E-state index in [2.05, 4.69) is 25.1 Å². The average molecular weight is 284 g/mol. The van der Waals surface area contributed by atoms with Gasteiger partial charge in [0.2, 0.25) is 0 Å². The van der Waals surface area contributed by atoms with Crippen LogP contribution in [0, 0.1) is 11.3 Å². The van der Waals surface area contributed by atoms with Crippen LogP contribution >= 0.6 is 0 Å². The maximum Gasteiger partial charge on any atom is 0.325 e. The quantitative estimate of drug-likeness (QED) is 0.800. The Morgan fingerprint density at radius 1 is 1.24 bits per heavy atom. The van der Waals surface area contributed by atoms with Gasteiger partial charge in [-0.1, -0.05) is 0 Å². The van der Waals surface area contributed by atoms with E-state index in [4.69, 9.17) is 5.26 Å². The molecule has 0 amide bonds. The monoisotopic (exact) mass is 284 g/mol. The van der Waals surface area contributed by atoms with Gasteiger partial charge >= 0.3 is 5.69 Å². The standard InChI is InChI=1S/C13H12N6O2/c14-6-10-11(19-3-1-2-4-19)5-9(17-18-10)8-7-15-13(21)16-12(8)20/h5,7H,1-4H2,(H2,15,16,20,21). The summed E-state index contributed by atoms with van der Waals surface area (Å²) in [5.41, 5.74) is 0.336. The van der Waals surface area contributed by atoms with Crippen LogP contribution in [0.3, 0.4) is 0 Å². The summed E-state index contributed by atoms with van der Waals surface area (Å²) < 4.78 is 0. The van der Waals surface area contributed by atoms with Crippen LogP contribution in [-0.4, -0.2) is 33.3 Å². The Hall–Kier alpha value is -2.95. The maximum atomic E-state index is 11.8. The Bertz CT molecular complexity index is 826. The molecule has 2 aromatic rings. The number of anilines is 1. The van der Waals surface area contributed by atoms with Crippen LogP contribution < -0.4 is 16.1 Å². The van der Waals surface area contributed by atoms with E-state index in [0.717, 1.165) is 25.9 Å². The molecule has 0 atom stereocenters. The molecule has 106 valence electrons. The van der Waals surface area contributed by atoms with Crippen LogP contribution in [0.1, 0.15) is 18.5 Å². The fraction of sp³-hybridized carbons (Fsp3) is 0.308. The number of hydrogen-bond donors (Lipinski definition) is 2. The Balaban J connectivity index is 2.12. The second-order valence-corrected chi connectivity index (χ2v) is 4.75. The zero-order valence-corrected chi connectivity index (χ0v) is 11.1. The van der Waals surface area contributed by atoms with E-state index in [1.54, 1.807) is 6.07 Å². The molecule has 1 aliphatic rings. The lowest BCUT2D eigenvalue weighted by Crippen LogP contribution is -2.23. The number of hydrogen-bond acceptors (Lipinski definition) is 6. The first kappa shape index (κ1) is 13.1. The normalized spacial score (nSPS) is 14.1. The molecule has 0 aromatic carbocycles. The Morgan fingerprint density at radius 2 is 2.00 bits per heavy atom. The number of nitrogens with one attached hydrogen (secondary N) is 2. The highest BCUT2D eigenvalue weighted by Crippen LogP contribution is 2.25. The number of aromatic amines is 2. The summed E-state index contributed by atoms with van der Waals surface area (Å²) in [5, 5.41) is 16.9. The van der Waals surface area contributed by atoms with E-state index >= 15 is 0 Å². The molecular weight excluding hydrogens is 272 g/mol. The fourth-order valence-electron chi connectivity index (χ4n) is 2.39. The molecule has 2 aromatic heterocycles. The fourth-order valence-corrected chi connectivity index (χ4v) is 2.39. The highest BCUT2D eigenvalue weighted by molar-refractivity contribution is 5.66. The largest absolute Gasteiger partial charge is 0.369 e. The van der Waals surface area contributed by atoms with Crippen LogP contribution in [0.15, 0.2) is 21.9 Å². The van der Waals surface area contributed by atoms with E-state index in [9.17, 15) is 9.59 Å². The Morgan fingerprint density at radius 3 is 2.67 bits per heavy atom. The molecule has 0 radical (unpaired) electrons. The lowest BCUT2D eigenvalue weighted by atomic mass is 10.2. The van der Waals surface area contributed by atoms with Gasteiger partial charge in [-0.15, -0.1) is 10.2 Å². The van der Waals surface area contributed by atoms with Gasteiger partial charge in [0.05, 0.1) is 11.3 Å². The van der Waals surface area contributed by atoms with Crippen molar-refractivity contribution in [1.82, 2.24) is 20.2 Å². The SMILES string of the molecule is N#Cc1nnc(-c2c[nH]c(=O)[nH]c2=O)cc1N1CCCC1. The first-order chi connectivity index (χ1) is 10.2. The van der Waals surface area contributed by atoms with Crippen molar-refractivity contribution in [2.45, 2.75) is 12.8 Å². The molecule has 2 N–H and O–H groups in total. The third-order valence-electron chi connectivity index (χ3n) is 3.42. The zero-order chi connectivity index (χ0) is 14.8. The Kier molecular flexibility index (Phi) is 3.23. The molecule has 1 fully saturated rings. The van der Waals surface area contributed by atoms with Crippen LogP contribution in [0.25, 0.3) is 11.3 Å². The summed E-state index contributed by atoms with van der Waals surface area (Å²) in [6.45, 7) is 1.70. The van der Waals surface area contributed by atoms with Crippen LogP contribution in [0.2, 0.25) is 0 Å². The van der Waals surface area contributed by atoms with Crippen molar-refractivity contribution in [3.05, 3.63) is 38.8 Å². The van der Waals surface area contributed by atoms with Crippen molar-refractivity contribution in [2.75, 3.05) is 18.0 Å². The summed E-state index contributed by atoms with van der Waals surface area (Å²) in [5.74, 6) is 0. The lowest BCUT2D eigenvalue weighted by molar-refractivity contribution is 0.925. The van der Waals surface area contributed by atoms with Crippen molar-refractivity contribution >= 4 is 5.69 Å². The first-order valence-electron chi connectivity index (χ1n) is 6.54. The van der Waals surface area contributed by atoms with E-state index in [1.807, 2.05) is 6.07 Å². The summed E-state index contributed by atoms with van der Waals surface area (Å²) in [6.07, 6.45) is 3.41. The second kappa shape index (κ2) is 5.20. The van der Waals surface area contributed by atoms with Crippen molar-refractivity contribution in [2.24, 2.45) is 0 Å². The second-order valence-electron chi connectivity index (χ2n) is 4.75. The minimum atomic E-state index is -0.579. The van der Waals surface area contributed by atoms with Crippen molar-refractivity contribution in [3.63, 3.8) is 0 Å². The van der Waals surface area contributed by atoms with Gasteiger partial charge in [-0.3, -0.25) is 9.78 Å². The Labute approximate surface area is 119 Å². The number of aromatic nitrogens is 4. The highest BCUT2D eigenvalue weighted by Gasteiger charge is 2.19. The molecule has 0 unspecified atom stereocenters. The van der Waals surface area contributed by atoms with E-state index in [1.165, 1.54) is 6.20 Å². The van der Waals surface area contributed by atoms with Gasteiger partial charge in [-0.2, -0.15) is 5.26 Å². The molecule has 8 nitrogen and oxygen atoms in total. The average Bonchev–Trinajstić information content (AvgIpc) is 3.01. The first-order valence-corrected chi connectivity index (χ1v) is 6.54. The summed E-state index contributed by atoms with van der Waals surface area (Å²) >= 11 is 0. The predicted octanol–water partition coefficient (Wildman–Crippen LogP) is -0.00792. The van der Waals surface area contributed by atoms with Crippen LogP contribution in [0.5, 0.6) is 0 Å². The highest BCUT2D eigenvalue weighted by atomic mass is 16.2. The third-order valence-corrected chi connectivity index (χ3v) is 3.42. The molecule has 1 aliphatic heterocycles. The van der Waals surface area contributed by atoms with E-state index in [-0.39, 0.29) is 11.3 Å². The van der Waals surface area contributed by atoms with Crippen molar-refractivity contribution < 1.29 is 0 Å². The topological polar surface area (TPSA) is 119 Å². The van der Waals surface area contributed by atoms with Crippen molar-refractivity contribution in [3.8, 4) is 17.3 Å². The van der Waals surface area contributed by atoms with Gasteiger partial charge in [0, 0.05) is 19.3 Å². The molecule has 0 bridgehead atoms. The van der Waals surface area contributed by atoms with Crippen LogP contribution in [-0.2, 0) is 0 Å². The minimum absolute atomic E-state index is 0.215. The third kappa shape index (κ3) is 2.41. The van der Waals surface area contributed by atoms with Gasteiger partial charge in [0.25, 0.3) is 5.56 Å². The molecular formula is C13H12N6O2. The maximum absolute atomic E-state index is 11.8. The molecule has 0 aliphatic carbocycles. The number of H-pyrrole nitrogens is 2. The van der Waals surface area contributed by atoms with Gasteiger partial charge in [0.15, 0.2) is 5.69 Å². The zero-order valence-electron chi connectivity index (χ0n) is 11.1. The molecule has 0 saturated carbocycles. The van der Waals surface area contributed by atoms with Crippen LogP contribution in [0.4, 0.5) is 5.69 Å². The molecule has 3 rings (SSSR count). The molecule has 1 saturated heterocycles. The number of nitriles is 1. The van der Waals surface area contributed by atoms with E-state index in [0.29, 0.717) is 11.4 Å². The van der Waals surface area contributed by atoms with Crippen molar-refractivity contribution in [1.29, 1.82) is 5.26 Å². The van der Waals surface area contributed by atoms with Gasteiger partial charge in [0.1, 0.15) is 11.8 Å². The van der Waals surface area contributed by atoms with Gasteiger partial charge in [-0.05, 0) is 18.9 Å². The minimum Gasteiger partial charge on any atom is -0.369 e.